The van der Waals surface area contributed by atoms with Crippen LogP contribution in [0.1, 0.15) is 29.1 Å². The quantitative estimate of drug-likeness (QED) is 0.582. The highest BCUT2D eigenvalue weighted by atomic mass is 35.5. The van der Waals surface area contributed by atoms with Gasteiger partial charge in [0.2, 0.25) is 5.43 Å². The van der Waals surface area contributed by atoms with E-state index in [1.165, 1.54) is 6.20 Å². The lowest BCUT2D eigenvalue weighted by Gasteiger charge is -2.12. The third-order valence-corrected chi connectivity index (χ3v) is 4.50. The summed E-state index contributed by atoms with van der Waals surface area (Å²) < 4.78 is 1.79. The summed E-state index contributed by atoms with van der Waals surface area (Å²) in [7, 11) is 0. The van der Waals surface area contributed by atoms with Gasteiger partial charge in [0, 0.05) is 17.8 Å². The summed E-state index contributed by atoms with van der Waals surface area (Å²) in [4.78, 5) is 28.2. The molecule has 0 aliphatic rings. The topological polar surface area (TPSA) is 92.1 Å². The Balaban J connectivity index is 1.67. The molecule has 26 heavy (non-hydrogen) atoms. The van der Waals surface area contributed by atoms with Crippen molar-refractivity contribution in [3.63, 3.8) is 0 Å². The highest BCUT2D eigenvalue weighted by Crippen LogP contribution is 2.19. The van der Waals surface area contributed by atoms with Crippen molar-refractivity contribution in [2.45, 2.75) is 13.0 Å². The first-order valence-electron chi connectivity index (χ1n) is 7.96. The van der Waals surface area contributed by atoms with E-state index in [0.29, 0.717) is 27.4 Å². The van der Waals surface area contributed by atoms with E-state index in [2.05, 4.69) is 20.5 Å². The smallest absolute Gasteiger partial charge is 0.257 e. The maximum atomic E-state index is 12.6. The Morgan fingerprint density at radius 2 is 2.08 bits per heavy atom. The Labute approximate surface area is 152 Å². The standard InChI is InChI=1S/C18H14ClN5O2/c1-10(17-23-22-14-7-2-3-8-24(14)17)21-18(26)12-9-20-15-11(16(12)25)5-4-6-13(15)19/h2-10H,1H3,(H,20,25)(H,21,26)/t10-/m0/s1. The third-order valence-electron chi connectivity index (χ3n) is 4.18. The molecule has 0 saturated heterocycles. The molecule has 130 valence electrons. The molecule has 0 bridgehead atoms. The lowest BCUT2D eigenvalue weighted by atomic mass is 10.1. The van der Waals surface area contributed by atoms with Gasteiger partial charge in [-0.05, 0) is 31.2 Å². The third kappa shape index (κ3) is 2.62. The van der Waals surface area contributed by atoms with E-state index in [9.17, 15) is 9.59 Å². The normalized spacial score (nSPS) is 12.4. The van der Waals surface area contributed by atoms with E-state index in [1.807, 2.05) is 24.4 Å². The Morgan fingerprint density at radius 3 is 2.92 bits per heavy atom. The van der Waals surface area contributed by atoms with Gasteiger partial charge in [0.05, 0.1) is 16.6 Å². The zero-order valence-electron chi connectivity index (χ0n) is 13.7. The fraction of sp³-hybridized carbons (Fsp3) is 0.111. The van der Waals surface area contributed by atoms with Gasteiger partial charge in [0.1, 0.15) is 5.56 Å². The summed E-state index contributed by atoms with van der Waals surface area (Å²) in [5.41, 5.74) is 0.825. The van der Waals surface area contributed by atoms with Gasteiger partial charge in [-0.15, -0.1) is 10.2 Å². The minimum atomic E-state index is -0.492. The molecule has 0 spiro atoms. The number of aromatic amines is 1. The molecule has 3 aromatic heterocycles. The second-order valence-electron chi connectivity index (χ2n) is 5.88. The van der Waals surface area contributed by atoms with Crippen LogP contribution in [-0.2, 0) is 0 Å². The number of carbonyl (C=O) groups is 1. The van der Waals surface area contributed by atoms with Crippen LogP contribution in [0, 0.1) is 0 Å². The van der Waals surface area contributed by atoms with Gasteiger partial charge in [0.25, 0.3) is 5.91 Å². The monoisotopic (exact) mass is 367 g/mol. The average molecular weight is 368 g/mol. The van der Waals surface area contributed by atoms with Crippen LogP contribution in [0.25, 0.3) is 16.6 Å². The van der Waals surface area contributed by atoms with Gasteiger partial charge in [0.15, 0.2) is 11.5 Å². The Morgan fingerprint density at radius 1 is 1.23 bits per heavy atom. The number of amides is 1. The van der Waals surface area contributed by atoms with Crippen LogP contribution in [0.4, 0.5) is 0 Å². The largest absolute Gasteiger partial charge is 0.359 e. The fourth-order valence-corrected chi connectivity index (χ4v) is 3.11. The number of hydrogen-bond acceptors (Lipinski definition) is 4. The molecule has 4 rings (SSSR count). The first-order valence-corrected chi connectivity index (χ1v) is 8.34. The molecule has 1 amide bonds. The number of nitrogens with zero attached hydrogens (tertiary/aromatic N) is 3. The summed E-state index contributed by atoms with van der Waals surface area (Å²) in [6.45, 7) is 1.79. The van der Waals surface area contributed by atoms with Crippen LogP contribution < -0.4 is 10.7 Å². The van der Waals surface area contributed by atoms with E-state index < -0.39 is 11.9 Å². The van der Waals surface area contributed by atoms with Crippen molar-refractivity contribution in [1.29, 1.82) is 0 Å². The molecule has 0 unspecified atom stereocenters. The summed E-state index contributed by atoms with van der Waals surface area (Å²) in [6.07, 6.45) is 3.19. The number of H-pyrrole nitrogens is 1. The second-order valence-corrected chi connectivity index (χ2v) is 6.28. The van der Waals surface area contributed by atoms with Crippen molar-refractivity contribution in [3.05, 3.63) is 75.4 Å². The molecule has 0 radical (unpaired) electrons. The van der Waals surface area contributed by atoms with Gasteiger partial charge >= 0.3 is 0 Å². The van der Waals surface area contributed by atoms with E-state index >= 15 is 0 Å². The average Bonchev–Trinajstić information content (AvgIpc) is 3.07. The number of pyridine rings is 2. The molecule has 0 fully saturated rings. The molecule has 8 heteroatoms. The van der Waals surface area contributed by atoms with E-state index in [0.717, 1.165) is 0 Å². The maximum Gasteiger partial charge on any atom is 0.257 e. The molecule has 0 aliphatic carbocycles. The number of aromatic nitrogens is 4. The second kappa shape index (κ2) is 6.27. The van der Waals surface area contributed by atoms with Crippen molar-refractivity contribution in [1.82, 2.24) is 24.9 Å². The highest BCUT2D eigenvalue weighted by molar-refractivity contribution is 6.35. The van der Waals surface area contributed by atoms with Crippen LogP contribution in [0.5, 0.6) is 0 Å². The fourth-order valence-electron chi connectivity index (χ4n) is 2.88. The molecule has 3 heterocycles. The van der Waals surface area contributed by atoms with Crippen LogP contribution in [0.15, 0.2) is 53.6 Å². The number of halogens is 1. The number of carbonyl (C=O) groups excluding carboxylic acids is 1. The minimum Gasteiger partial charge on any atom is -0.359 e. The molecule has 4 aromatic rings. The van der Waals surface area contributed by atoms with Gasteiger partial charge in [-0.1, -0.05) is 23.7 Å². The van der Waals surface area contributed by atoms with Crippen LogP contribution >= 0.6 is 11.6 Å². The van der Waals surface area contributed by atoms with E-state index in [-0.39, 0.29) is 11.0 Å². The lowest BCUT2D eigenvalue weighted by Crippen LogP contribution is -2.32. The highest BCUT2D eigenvalue weighted by Gasteiger charge is 2.19. The molecule has 1 aromatic carbocycles. The number of para-hydroxylation sites is 1. The summed E-state index contributed by atoms with van der Waals surface area (Å²) in [5, 5.41) is 11.8. The van der Waals surface area contributed by atoms with E-state index in [4.69, 9.17) is 11.6 Å². The van der Waals surface area contributed by atoms with Gasteiger partial charge in [-0.25, -0.2) is 0 Å². The van der Waals surface area contributed by atoms with Crippen LogP contribution in [0.2, 0.25) is 5.02 Å². The molecule has 0 saturated carbocycles. The molecule has 0 aliphatic heterocycles. The Bertz CT molecular complexity index is 1200. The summed E-state index contributed by atoms with van der Waals surface area (Å²) in [6, 6.07) is 10.1. The van der Waals surface area contributed by atoms with Gasteiger partial charge < -0.3 is 10.3 Å². The number of nitrogens with one attached hydrogen (secondary N) is 2. The van der Waals surface area contributed by atoms with Crippen LogP contribution in [-0.4, -0.2) is 25.5 Å². The maximum absolute atomic E-state index is 12.6. The van der Waals surface area contributed by atoms with Crippen molar-refractivity contribution in [2.24, 2.45) is 0 Å². The molecule has 1 atom stereocenters. The lowest BCUT2D eigenvalue weighted by molar-refractivity contribution is 0.0937. The van der Waals surface area contributed by atoms with Crippen molar-refractivity contribution >= 4 is 34.1 Å². The number of hydrogen-bond donors (Lipinski definition) is 2. The molecule has 2 N–H and O–H groups in total. The van der Waals surface area contributed by atoms with E-state index in [1.54, 1.807) is 29.5 Å². The Kier molecular flexibility index (Phi) is 3.93. The number of benzene rings is 1. The minimum absolute atomic E-state index is 0.0143. The molecule has 7 nitrogen and oxygen atoms in total. The van der Waals surface area contributed by atoms with Gasteiger partial charge in [-0.2, -0.15) is 0 Å². The number of fused-ring (bicyclic) bond motifs is 2. The van der Waals surface area contributed by atoms with Crippen molar-refractivity contribution in [2.75, 3.05) is 0 Å². The predicted molar refractivity (Wildman–Crippen MR) is 98.4 cm³/mol. The zero-order valence-corrected chi connectivity index (χ0v) is 14.5. The molecular formula is C18H14ClN5O2. The zero-order chi connectivity index (χ0) is 18.3. The predicted octanol–water partition coefficient (Wildman–Crippen LogP) is 2.72. The van der Waals surface area contributed by atoms with Gasteiger partial charge in [-0.3, -0.25) is 14.0 Å². The van der Waals surface area contributed by atoms with Crippen LogP contribution in [0.3, 0.4) is 0 Å². The first-order chi connectivity index (χ1) is 12.6. The summed E-state index contributed by atoms with van der Waals surface area (Å²) in [5.74, 6) is 0.0857. The molecular weight excluding hydrogens is 354 g/mol. The van der Waals surface area contributed by atoms with Crippen molar-refractivity contribution < 1.29 is 4.79 Å². The first kappa shape index (κ1) is 16.3. The number of rotatable bonds is 3. The Hall–Kier alpha value is -3.19. The SMILES string of the molecule is C[C@H](NC(=O)c1c[nH]c2c(Cl)cccc2c1=O)c1nnc2ccccn12. The van der Waals surface area contributed by atoms with Crippen molar-refractivity contribution in [3.8, 4) is 0 Å². The summed E-state index contributed by atoms with van der Waals surface area (Å²) >= 11 is 6.08.